The van der Waals surface area contributed by atoms with E-state index in [1.165, 1.54) is 0 Å². The van der Waals surface area contributed by atoms with Gasteiger partial charge in [-0.25, -0.2) is 0 Å². The summed E-state index contributed by atoms with van der Waals surface area (Å²) in [7, 11) is 1.61. The van der Waals surface area contributed by atoms with Crippen molar-refractivity contribution in [3.05, 3.63) is 59.1 Å². The highest BCUT2D eigenvalue weighted by Crippen LogP contribution is 2.18. The molecular weight excluding hydrogens is 428 g/mol. The fourth-order valence-electron chi connectivity index (χ4n) is 3.05. The molecule has 1 N–H and O–H groups in total. The van der Waals surface area contributed by atoms with Crippen molar-refractivity contribution < 1.29 is 19.1 Å². The third-order valence-corrected chi connectivity index (χ3v) is 5.23. The van der Waals surface area contributed by atoms with E-state index in [2.05, 4.69) is 5.32 Å². The molecule has 0 bridgehead atoms. The fraction of sp³-hybridized carbons (Fsp3) is 0.440. The molecule has 32 heavy (non-hydrogen) atoms. The Morgan fingerprint density at radius 2 is 1.62 bits per heavy atom. The lowest BCUT2D eigenvalue weighted by atomic mass is 10.1. The van der Waals surface area contributed by atoms with E-state index >= 15 is 0 Å². The first-order chi connectivity index (χ1) is 15.3. The molecule has 0 aliphatic heterocycles. The van der Waals surface area contributed by atoms with Crippen LogP contribution in [0, 0.1) is 5.92 Å². The zero-order chi connectivity index (χ0) is 23.5. The molecule has 2 rings (SSSR count). The normalized spacial score (nSPS) is 11.7. The van der Waals surface area contributed by atoms with Crippen LogP contribution in [-0.2, 0) is 16.1 Å². The number of hydrogen-bond donors (Lipinski definition) is 1. The van der Waals surface area contributed by atoms with E-state index in [1.54, 1.807) is 31.1 Å². The molecule has 174 valence electrons. The van der Waals surface area contributed by atoms with E-state index in [0.717, 1.165) is 17.1 Å². The number of benzene rings is 2. The Morgan fingerprint density at radius 1 is 1.00 bits per heavy atom. The number of methoxy groups -OCH3 is 1. The van der Waals surface area contributed by atoms with Crippen LogP contribution < -0.4 is 14.8 Å². The van der Waals surface area contributed by atoms with Crippen LogP contribution in [0.25, 0.3) is 0 Å². The van der Waals surface area contributed by atoms with Crippen molar-refractivity contribution >= 4 is 23.4 Å². The van der Waals surface area contributed by atoms with Gasteiger partial charge >= 0.3 is 0 Å². The van der Waals surface area contributed by atoms with Gasteiger partial charge in [0.15, 0.2) is 0 Å². The van der Waals surface area contributed by atoms with Crippen LogP contribution in [0.2, 0.25) is 5.02 Å². The third-order valence-electron chi connectivity index (χ3n) is 4.98. The minimum Gasteiger partial charge on any atom is -0.497 e. The minimum atomic E-state index is -0.584. The molecular formula is C25H33ClN2O4. The van der Waals surface area contributed by atoms with Gasteiger partial charge < -0.3 is 19.7 Å². The van der Waals surface area contributed by atoms with Crippen LogP contribution in [0.15, 0.2) is 48.5 Å². The maximum absolute atomic E-state index is 13.0. The predicted octanol–water partition coefficient (Wildman–Crippen LogP) is 4.70. The average Bonchev–Trinajstić information content (AvgIpc) is 2.79. The van der Waals surface area contributed by atoms with E-state index < -0.39 is 6.04 Å². The lowest BCUT2D eigenvalue weighted by Crippen LogP contribution is -2.48. The second kappa shape index (κ2) is 13.0. The van der Waals surface area contributed by atoms with Gasteiger partial charge in [-0.1, -0.05) is 37.6 Å². The van der Waals surface area contributed by atoms with Gasteiger partial charge in [-0.05, 0) is 61.2 Å². The average molecular weight is 461 g/mol. The van der Waals surface area contributed by atoms with Gasteiger partial charge in [0.25, 0.3) is 0 Å². The largest absolute Gasteiger partial charge is 0.497 e. The maximum atomic E-state index is 13.0. The third kappa shape index (κ3) is 8.42. The first kappa shape index (κ1) is 25.5. The van der Waals surface area contributed by atoms with Crippen LogP contribution in [0.4, 0.5) is 0 Å². The second-order valence-corrected chi connectivity index (χ2v) is 8.53. The highest BCUT2D eigenvalue weighted by Gasteiger charge is 2.25. The number of halogens is 1. The Kier molecular flexibility index (Phi) is 10.3. The highest BCUT2D eigenvalue weighted by atomic mass is 35.5. The highest BCUT2D eigenvalue weighted by molar-refractivity contribution is 6.30. The predicted molar refractivity (Wildman–Crippen MR) is 127 cm³/mol. The number of nitrogens with zero attached hydrogens (tertiary/aromatic N) is 1. The molecule has 0 spiro atoms. The van der Waals surface area contributed by atoms with Crippen molar-refractivity contribution in [3.63, 3.8) is 0 Å². The summed E-state index contributed by atoms with van der Waals surface area (Å²) in [6, 6.07) is 14.0. The van der Waals surface area contributed by atoms with Crippen LogP contribution in [0.3, 0.4) is 0 Å². The standard InChI is InChI=1S/C25H33ClN2O4/c1-18(2)16-27-25(30)19(3)28(17-20-7-9-21(26)10-8-20)24(29)6-5-15-32-23-13-11-22(31-4)12-14-23/h7-14,18-19H,5-6,15-17H2,1-4H3,(H,27,30). The molecule has 6 nitrogen and oxygen atoms in total. The first-order valence-electron chi connectivity index (χ1n) is 10.9. The molecule has 0 aliphatic carbocycles. The summed E-state index contributed by atoms with van der Waals surface area (Å²) in [5.74, 6) is 1.57. The number of nitrogens with one attached hydrogen (secondary N) is 1. The Hall–Kier alpha value is -2.73. The van der Waals surface area contributed by atoms with Crippen molar-refractivity contribution in [2.75, 3.05) is 20.3 Å². The zero-order valence-electron chi connectivity index (χ0n) is 19.3. The van der Waals surface area contributed by atoms with Gasteiger partial charge in [0.1, 0.15) is 17.5 Å². The van der Waals surface area contributed by atoms with Crippen LogP contribution in [0.1, 0.15) is 39.2 Å². The van der Waals surface area contributed by atoms with E-state index in [-0.39, 0.29) is 18.2 Å². The van der Waals surface area contributed by atoms with Gasteiger partial charge in [-0.15, -0.1) is 0 Å². The summed E-state index contributed by atoms with van der Waals surface area (Å²) < 4.78 is 10.9. The van der Waals surface area contributed by atoms with E-state index in [0.29, 0.717) is 37.1 Å². The minimum absolute atomic E-state index is 0.0922. The Labute approximate surface area is 195 Å². The SMILES string of the molecule is COc1ccc(OCCCC(=O)N(Cc2ccc(Cl)cc2)C(C)C(=O)NCC(C)C)cc1. The summed E-state index contributed by atoms with van der Waals surface area (Å²) in [5.41, 5.74) is 0.917. The molecule has 1 unspecified atom stereocenters. The molecule has 0 radical (unpaired) electrons. The number of rotatable bonds is 12. The number of amides is 2. The molecule has 0 fully saturated rings. The number of carbonyl (C=O) groups is 2. The van der Waals surface area contributed by atoms with Gasteiger partial charge in [0.05, 0.1) is 13.7 Å². The number of hydrogen-bond acceptors (Lipinski definition) is 4. The molecule has 0 heterocycles. The van der Waals surface area contributed by atoms with Crippen LogP contribution in [0.5, 0.6) is 11.5 Å². The molecule has 2 aromatic rings. The van der Waals surface area contributed by atoms with Crippen molar-refractivity contribution in [2.45, 2.75) is 46.2 Å². The smallest absolute Gasteiger partial charge is 0.242 e. The summed E-state index contributed by atoms with van der Waals surface area (Å²) in [6.45, 7) is 7.14. The van der Waals surface area contributed by atoms with E-state index in [1.807, 2.05) is 50.2 Å². The zero-order valence-corrected chi connectivity index (χ0v) is 20.0. The first-order valence-corrected chi connectivity index (χ1v) is 11.3. The Morgan fingerprint density at radius 3 is 2.22 bits per heavy atom. The molecule has 2 aromatic carbocycles. The number of carbonyl (C=O) groups excluding carboxylic acids is 2. The van der Waals surface area contributed by atoms with Gasteiger partial charge in [-0.3, -0.25) is 9.59 Å². The van der Waals surface area contributed by atoms with Crippen molar-refractivity contribution in [3.8, 4) is 11.5 Å². The topological polar surface area (TPSA) is 67.9 Å². The number of ether oxygens (including phenoxy) is 2. The van der Waals surface area contributed by atoms with Gasteiger partial charge in [-0.2, -0.15) is 0 Å². The second-order valence-electron chi connectivity index (χ2n) is 8.09. The molecule has 0 aliphatic rings. The molecule has 7 heteroatoms. The molecule has 0 saturated heterocycles. The van der Waals surface area contributed by atoms with Crippen LogP contribution in [-0.4, -0.2) is 43.0 Å². The van der Waals surface area contributed by atoms with Crippen molar-refractivity contribution in [2.24, 2.45) is 5.92 Å². The van der Waals surface area contributed by atoms with Gasteiger partial charge in [0, 0.05) is 24.5 Å². The Bertz CT molecular complexity index is 853. The fourth-order valence-corrected chi connectivity index (χ4v) is 3.18. The monoisotopic (exact) mass is 460 g/mol. The maximum Gasteiger partial charge on any atom is 0.242 e. The lowest BCUT2D eigenvalue weighted by Gasteiger charge is -2.29. The summed E-state index contributed by atoms with van der Waals surface area (Å²) in [6.07, 6.45) is 0.827. The van der Waals surface area contributed by atoms with Gasteiger partial charge in [0.2, 0.25) is 11.8 Å². The Balaban J connectivity index is 1.96. The van der Waals surface area contributed by atoms with Crippen molar-refractivity contribution in [1.29, 1.82) is 0 Å². The van der Waals surface area contributed by atoms with Crippen LogP contribution >= 0.6 is 11.6 Å². The molecule has 2 amide bonds. The summed E-state index contributed by atoms with van der Waals surface area (Å²) in [5, 5.41) is 3.55. The summed E-state index contributed by atoms with van der Waals surface area (Å²) >= 11 is 5.98. The molecule has 0 aromatic heterocycles. The molecule has 1 atom stereocenters. The van der Waals surface area contributed by atoms with E-state index in [4.69, 9.17) is 21.1 Å². The van der Waals surface area contributed by atoms with E-state index in [9.17, 15) is 9.59 Å². The quantitative estimate of drug-likeness (QED) is 0.466. The van der Waals surface area contributed by atoms with Crippen molar-refractivity contribution in [1.82, 2.24) is 10.2 Å². The summed E-state index contributed by atoms with van der Waals surface area (Å²) in [4.78, 5) is 27.3. The molecule has 0 saturated carbocycles. The lowest BCUT2D eigenvalue weighted by molar-refractivity contribution is -0.140.